The van der Waals surface area contributed by atoms with Gasteiger partial charge in [-0.25, -0.2) is 9.97 Å². The van der Waals surface area contributed by atoms with Gasteiger partial charge in [-0.3, -0.25) is 0 Å². The van der Waals surface area contributed by atoms with Gasteiger partial charge in [-0.1, -0.05) is 71.9 Å². The zero-order valence-electron chi connectivity index (χ0n) is 13.9. The third-order valence-electron chi connectivity index (χ3n) is 3.81. The molecule has 3 rings (SSSR count). The lowest BCUT2D eigenvalue weighted by Gasteiger charge is -2.09. The molecule has 25 heavy (non-hydrogen) atoms. The molecule has 0 saturated heterocycles. The lowest BCUT2D eigenvalue weighted by molar-refractivity contribution is 0.901. The highest BCUT2D eigenvalue weighted by Gasteiger charge is 2.13. The lowest BCUT2D eigenvalue weighted by atomic mass is 10.0. The first-order valence-corrected chi connectivity index (χ1v) is 8.93. The number of nitrogens with two attached hydrogens (primary N) is 1. The molecule has 2 N–H and O–H groups in total. The van der Waals surface area contributed by atoms with Crippen LogP contribution in [0.25, 0.3) is 0 Å². The van der Waals surface area contributed by atoms with Crippen LogP contribution in [0.15, 0.2) is 59.8 Å². The van der Waals surface area contributed by atoms with E-state index < -0.39 is 0 Å². The quantitative estimate of drug-likeness (QED) is 0.555. The van der Waals surface area contributed by atoms with E-state index >= 15 is 0 Å². The van der Waals surface area contributed by atoms with E-state index in [1.54, 1.807) is 0 Å². The van der Waals surface area contributed by atoms with Gasteiger partial charge < -0.3 is 5.73 Å². The second kappa shape index (κ2) is 7.82. The predicted molar refractivity (Wildman–Crippen MR) is 101 cm³/mol. The molecule has 124 valence electrons. The Balaban J connectivity index is 1.84. The number of rotatable bonds is 5. The number of aryl methyl sites for hydroxylation is 1. The molecule has 0 aliphatic heterocycles. The molecule has 0 saturated carbocycles. The van der Waals surface area contributed by atoms with Gasteiger partial charge in [0.2, 0.25) is 0 Å². The van der Waals surface area contributed by atoms with E-state index in [1.807, 2.05) is 37.3 Å². The van der Waals surface area contributed by atoms with E-state index in [9.17, 15) is 5.26 Å². The Labute approximate surface area is 151 Å². The van der Waals surface area contributed by atoms with Crippen molar-refractivity contribution in [2.45, 2.75) is 24.3 Å². The summed E-state index contributed by atoms with van der Waals surface area (Å²) >= 11 is 1.52. The standard InChI is InChI=1S/C20H18N4S/c1-14-7-9-15(10-8-14)11-18-17(12-21)19(22)24-20(23-18)25-13-16-5-3-2-4-6-16/h2-10H,11,13H2,1H3,(H2,22,23,24). The van der Waals surface area contributed by atoms with Crippen LogP contribution in [0, 0.1) is 18.3 Å². The number of thioether (sulfide) groups is 1. The van der Waals surface area contributed by atoms with E-state index in [1.165, 1.54) is 22.9 Å². The molecular formula is C20H18N4S. The van der Waals surface area contributed by atoms with Crippen molar-refractivity contribution in [2.75, 3.05) is 5.73 Å². The summed E-state index contributed by atoms with van der Waals surface area (Å²) in [6.45, 7) is 2.05. The van der Waals surface area contributed by atoms with Gasteiger partial charge in [0.05, 0.1) is 5.69 Å². The van der Waals surface area contributed by atoms with Crippen molar-refractivity contribution in [1.82, 2.24) is 9.97 Å². The number of nitriles is 1. The minimum Gasteiger partial charge on any atom is -0.382 e. The van der Waals surface area contributed by atoms with Crippen LogP contribution in [0.5, 0.6) is 0 Å². The highest BCUT2D eigenvalue weighted by molar-refractivity contribution is 7.98. The number of benzene rings is 2. The van der Waals surface area contributed by atoms with E-state index in [0.717, 1.165) is 11.3 Å². The summed E-state index contributed by atoms with van der Waals surface area (Å²) in [4.78, 5) is 8.87. The van der Waals surface area contributed by atoms with Gasteiger partial charge in [-0.2, -0.15) is 5.26 Å². The summed E-state index contributed by atoms with van der Waals surface area (Å²) in [6, 6.07) is 20.5. The number of hydrogen-bond donors (Lipinski definition) is 1. The van der Waals surface area contributed by atoms with Crippen molar-refractivity contribution >= 4 is 17.6 Å². The van der Waals surface area contributed by atoms with Crippen molar-refractivity contribution in [1.29, 1.82) is 5.26 Å². The lowest BCUT2D eigenvalue weighted by Crippen LogP contribution is -2.06. The first-order valence-electron chi connectivity index (χ1n) is 7.94. The maximum absolute atomic E-state index is 9.40. The number of aromatic nitrogens is 2. The Hall–Kier alpha value is -2.84. The smallest absolute Gasteiger partial charge is 0.190 e. The maximum atomic E-state index is 9.40. The van der Waals surface area contributed by atoms with Gasteiger partial charge in [0.15, 0.2) is 5.16 Å². The monoisotopic (exact) mass is 346 g/mol. The SMILES string of the molecule is Cc1ccc(Cc2nc(SCc3ccccc3)nc(N)c2C#N)cc1. The minimum atomic E-state index is 0.246. The molecule has 0 unspecified atom stereocenters. The Morgan fingerprint density at radius 3 is 2.40 bits per heavy atom. The average Bonchev–Trinajstić information content (AvgIpc) is 2.63. The molecular weight excluding hydrogens is 328 g/mol. The second-order valence-corrected chi connectivity index (χ2v) is 6.70. The molecule has 0 atom stereocenters. The van der Waals surface area contributed by atoms with E-state index in [-0.39, 0.29) is 5.82 Å². The molecule has 1 aromatic heterocycles. The Morgan fingerprint density at radius 1 is 1.00 bits per heavy atom. The zero-order chi connectivity index (χ0) is 17.6. The molecule has 0 amide bonds. The highest BCUT2D eigenvalue weighted by atomic mass is 32.2. The van der Waals surface area contributed by atoms with Gasteiger partial charge in [0.1, 0.15) is 17.5 Å². The van der Waals surface area contributed by atoms with Gasteiger partial charge in [-0.15, -0.1) is 0 Å². The van der Waals surface area contributed by atoms with Crippen LogP contribution in [-0.4, -0.2) is 9.97 Å². The fourth-order valence-corrected chi connectivity index (χ4v) is 3.26. The van der Waals surface area contributed by atoms with Crippen molar-refractivity contribution in [2.24, 2.45) is 0 Å². The van der Waals surface area contributed by atoms with E-state index in [4.69, 9.17) is 5.73 Å². The number of hydrogen-bond acceptors (Lipinski definition) is 5. The molecule has 1 heterocycles. The Bertz CT molecular complexity index is 899. The summed E-state index contributed by atoms with van der Waals surface area (Å²) in [5.74, 6) is 1.01. The van der Waals surface area contributed by atoms with Crippen LogP contribution in [0.1, 0.15) is 27.9 Å². The molecule has 0 aliphatic carbocycles. The molecule has 0 fully saturated rings. The van der Waals surface area contributed by atoms with Crippen molar-refractivity contribution in [3.05, 3.63) is 82.5 Å². The summed E-state index contributed by atoms with van der Waals surface area (Å²) in [5.41, 5.74) is 10.5. The fraction of sp³-hybridized carbons (Fsp3) is 0.150. The summed E-state index contributed by atoms with van der Waals surface area (Å²) < 4.78 is 0. The van der Waals surface area contributed by atoms with Crippen LogP contribution in [-0.2, 0) is 12.2 Å². The van der Waals surface area contributed by atoms with Gasteiger partial charge in [0.25, 0.3) is 0 Å². The summed E-state index contributed by atoms with van der Waals surface area (Å²) in [5, 5.41) is 10.0. The Morgan fingerprint density at radius 2 is 1.72 bits per heavy atom. The van der Waals surface area contributed by atoms with Crippen LogP contribution in [0.4, 0.5) is 5.82 Å². The van der Waals surface area contributed by atoms with E-state index in [0.29, 0.717) is 22.8 Å². The van der Waals surface area contributed by atoms with Crippen molar-refractivity contribution in [3.8, 4) is 6.07 Å². The molecule has 0 radical (unpaired) electrons. The number of nitrogen functional groups attached to an aromatic ring is 1. The second-order valence-electron chi connectivity index (χ2n) is 5.76. The Kier molecular flexibility index (Phi) is 5.32. The van der Waals surface area contributed by atoms with Crippen molar-refractivity contribution in [3.63, 3.8) is 0 Å². The third-order valence-corrected chi connectivity index (χ3v) is 4.72. The van der Waals surface area contributed by atoms with Gasteiger partial charge in [-0.05, 0) is 18.1 Å². The topological polar surface area (TPSA) is 75.6 Å². The predicted octanol–water partition coefficient (Wildman–Crippen LogP) is 4.12. The van der Waals surface area contributed by atoms with Crippen LogP contribution >= 0.6 is 11.8 Å². The number of nitrogens with zero attached hydrogens (tertiary/aromatic N) is 3. The first-order chi connectivity index (χ1) is 12.2. The van der Waals surface area contributed by atoms with Gasteiger partial charge >= 0.3 is 0 Å². The molecule has 0 bridgehead atoms. The minimum absolute atomic E-state index is 0.246. The summed E-state index contributed by atoms with van der Waals surface area (Å²) in [6.07, 6.45) is 0.564. The molecule has 2 aromatic carbocycles. The van der Waals surface area contributed by atoms with Crippen molar-refractivity contribution < 1.29 is 0 Å². The number of anilines is 1. The highest BCUT2D eigenvalue weighted by Crippen LogP contribution is 2.24. The van der Waals surface area contributed by atoms with Crippen LogP contribution < -0.4 is 5.73 Å². The van der Waals surface area contributed by atoms with Gasteiger partial charge in [0, 0.05) is 12.2 Å². The maximum Gasteiger partial charge on any atom is 0.190 e. The normalized spacial score (nSPS) is 10.4. The summed E-state index contributed by atoms with van der Waals surface area (Å²) in [7, 11) is 0. The fourth-order valence-electron chi connectivity index (χ4n) is 2.44. The van der Waals surface area contributed by atoms with Crippen LogP contribution in [0.3, 0.4) is 0 Å². The van der Waals surface area contributed by atoms with E-state index in [2.05, 4.69) is 40.3 Å². The molecule has 0 spiro atoms. The zero-order valence-corrected chi connectivity index (χ0v) is 14.8. The largest absolute Gasteiger partial charge is 0.382 e. The van der Waals surface area contributed by atoms with Crippen LogP contribution in [0.2, 0.25) is 0 Å². The molecule has 3 aromatic rings. The molecule has 0 aliphatic rings. The third kappa shape index (κ3) is 4.37. The molecule has 5 heteroatoms. The molecule has 4 nitrogen and oxygen atoms in total. The average molecular weight is 346 g/mol. The first kappa shape index (κ1) is 17.0.